The van der Waals surface area contributed by atoms with Crippen molar-refractivity contribution in [2.45, 2.75) is 32.7 Å². The molecule has 1 aliphatic heterocycles. The molecule has 0 bridgehead atoms. The van der Waals surface area contributed by atoms with Crippen molar-refractivity contribution in [3.05, 3.63) is 29.6 Å². The molecule has 1 aromatic rings. The Morgan fingerprint density at radius 1 is 1.38 bits per heavy atom. The normalized spacial score (nSPS) is 17.2. The third-order valence-corrected chi connectivity index (χ3v) is 5.07. The Morgan fingerprint density at radius 2 is 2.12 bits per heavy atom. The molecule has 2 N–H and O–H groups in total. The number of carboxylic acids is 1. The van der Waals surface area contributed by atoms with Crippen LogP contribution in [0.2, 0.25) is 0 Å². The summed E-state index contributed by atoms with van der Waals surface area (Å²) in [5.41, 5.74) is 0.176. The molecule has 1 atom stereocenters. The fourth-order valence-corrected chi connectivity index (χ4v) is 3.84. The van der Waals surface area contributed by atoms with Gasteiger partial charge in [0.05, 0.1) is 18.2 Å². The summed E-state index contributed by atoms with van der Waals surface area (Å²) in [6.45, 7) is 4.21. The minimum absolute atomic E-state index is 0.0310. The third-order valence-electron chi connectivity index (χ3n) is 3.98. The molecule has 2 amide bonds. The van der Waals surface area contributed by atoms with E-state index in [-0.39, 0.29) is 35.9 Å². The smallest absolute Gasteiger partial charge is 0.305 e. The lowest BCUT2D eigenvalue weighted by Crippen LogP contribution is -2.47. The van der Waals surface area contributed by atoms with Gasteiger partial charge in [-0.3, -0.25) is 14.4 Å². The molecule has 0 spiro atoms. The average Bonchev–Trinajstić information content (AvgIpc) is 2.55. The van der Waals surface area contributed by atoms with E-state index < -0.39 is 23.7 Å². The second-order valence-electron chi connectivity index (χ2n) is 6.67. The quantitative estimate of drug-likeness (QED) is 0.790. The molecule has 2 rings (SSSR count). The van der Waals surface area contributed by atoms with Gasteiger partial charge in [0.2, 0.25) is 5.91 Å². The largest absolute Gasteiger partial charge is 0.481 e. The van der Waals surface area contributed by atoms with Crippen LogP contribution in [0.4, 0.5) is 10.1 Å². The Hall–Kier alpha value is -2.09. The van der Waals surface area contributed by atoms with E-state index in [1.807, 2.05) is 13.8 Å². The zero-order valence-electron chi connectivity index (χ0n) is 14.8. The SMILES string of the molecule is CC(C)CC(=O)Nc1ccc(C(=O)N2CCSCC2CC(=O)O)cc1F. The van der Waals surface area contributed by atoms with Crippen molar-refractivity contribution in [1.82, 2.24) is 4.90 Å². The molecule has 142 valence electrons. The predicted octanol–water partition coefficient (Wildman–Crippen LogP) is 2.84. The Morgan fingerprint density at radius 3 is 2.73 bits per heavy atom. The molecular weight excluding hydrogens is 359 g/mol. The van der Waals surface area contributed by atoms with Gasteiger partial charge >= 0.3 is 5.97 Å². The second-order valence-corrected chi connectivity index (χ2v) is 7.82. The van der Waals surface area contributed by atoms with Gasteiger partial charge in [-0.05, 0) is 24.1 Å². The Bertz CT molecular complexity index is 696. The van der Waals surface area contributed by atoms with E-state index in [9.17, 15) is 18.8 Å². The van der Waals surface area contributed by atoms with Gasteiger partial charge in [-0.1, -0.05) is 13.8 Å². The summed E-state index contributed by atoms with van der Waals surface area (Å²) >= 11 is 1.60. The molecule has 0 saturated carbocycles. The number of hydrogen-bond acceptors (Lipinski definition) is 4. The van der Waals surface area contributed by atoms with Gasteiger partial charge in [0.15, 0.2) is 0 Å². The van der Waals surface area contributed by atoms with Crippen LogP contribution in [-0.2, 0) is 9.59 Å². The minimum atomic E-state index is -0.968. The van der Waals surface area contributed by atoms with Crippen LogP contribution in [-0.4, -0.2) is 51.9 Å². The number of hydrogen-bond donors (Lipinski definition) is 2. The zero-order valence-corrected chi connectivity index (χ0v) is 15.6. The van der Waals surface area contributed by atoms with E-state index in [4.69, 9.17) is 5.11 Å². The van der Waals surface area contributed by atoms with Gasteiger partial charge < -0.3 is 15.3 Å². The van der Waals surface area contributed by atoms with E-state index in [0.717, 1.165) is 6.07 Å². The number of aliphatic carboxylic acids is 1. The second kappa shape index (κ2) is 9.02. The summed E-state index contributed by atoms with van der Waals surface area (Å²) in [4.78, 5) is 37.0. The van der Waals surface area contributed by atoms with Crippen molar-refractivity contribution < 1.29 is 23.9 Å². The van der Waals surface area contributed by atoms with E-state index >= 15 is 0 Å². The topological polar surface area (TPSA) is 86.7 Å². The molecule has 0 aromatic heterocycles. The number of rotatable bonds is 6. The van der Waals surface area contributed by atoms with Crippen LogP contribution >= 0.6 is 11.8 Å². The lowest BCUT2D eigenvalue weighted by Gasteiger charge is -2.34. The lowest BCUT2D eigenvalue weighted by molar-refractivity contribution is -0.138. The highest BCUT2D eigenvalue weighted by Gasteiger charge is 2.29. The van der Waals surface area contributed by atoms with Crippen LogP contribution in [0.1, 0.15) is 37.0 Å². The maximum atomic E-state index is 14.3. The monoisotopic (exact) mass is 382 g/mol. The summed E-state index contributed by atoms with van der Waals surface area (Å²) in [6, 6.07) is 3.50. The van der Waals surface area contributed by atoms with E-state index in [2.05, 4.69) is 5.32 Å². The number of halogens is 1. The maximum absolute atomic E-state index is 14.3. The van der Waals surface area contributed by atoms with Crippen LogP contribution in [0.5, 0.6) is 0 Å². The van der Waals surface area contributed by atoms with Crippen molar-refractivity contribution in [1.29, 1.82) is 0 Å². The third kappa shape index (κ3) is 5.45. The first kappa shape index (κ1) is 20.2. The lowest BCUT2D eigenvalue weighted by atomic mass is 10.1. The van der Waals surface area contributed by atoms with Crippen LogP contribution in [0.3, 0.4) is 0 Å². The van der Waals surface area contributed by atoms with Crippen molar-refractivity contribution in [2.24, 2.45) is 5.92 Å². The minimum Gasteiger partial charge on any atom is -0.481 e. The highest BCUT2D eigenvalue weighted by molar-refractivity contribution is 7.99. The number of amides is 2. The summed E-state index contributed by atoms with van der Waals surface area (Å²) in [5.74, 6) is -0.915. The van der Waals surface area contributed by atoms with E-state index in [1.165, 1.54) is 17.0 Å². The van der Waals surface area contributed by atoms with Gasteiger partial charge in [0.25, 0.3) is 5.91 Å². The van der Waals surface area contributed by atoms with E-state index in [0.29, 0.717) is 18.1 Å². The molecule has 1 fully saturated rings. The predicted molar refractivity (Wildman–Crippen MR) is 98.9 cm³/mol. The number of nitrogens with one attached hydrogen (secondary N) is 1. The van der Waals surface area contributed by atoms with Gasteiger partial charge in [-0.25, -0.2) is 4.39 Å². The first-order valence-electron chi connectivity index (χ1n) is 8.47. The van der Waals surface area contributed by atoms with Gasteiger partial charge in [-0.2, -0.15) is 11.8 Å². The number of benzene rings is 1. The van der Waals surface area contributed by atoms with Crippen molar-refractivity contribution in [3.8, 4) is 0 Å². The molecule has 1 saturated heterocycles. The first-order chi connectivity index (χ1) is 12.3. The number of nitrogens with zero attached hydrogens (tertiary/aromatic N) is 1. The standard InChI is InChI=1S/C18H23FN2O4S/c1-11(2)7-16(22)20-15-4-3-12(8-14(15)19)18(25)21-5-6-26-10-13(21)9-17(23)24/h3-4,8,11,13H,5-7,9-10H2,1-2H3,(H,20,22)(H,23,24). The highest BCUT2D eigenvalue weighted by atomic mass is 32.2. The van der Waals surface area contributed by atoms with Gasteiger partial charge in [-0.15, -0.1) is 0 Å². The number of carboxylic acid groups (broad SMARTS) is 1. The highest BCUT2D eigenvalue weighted by Crippen LogP contribution is 2.23. The fourth-order valence-electron chi connectivity index (χ4n) is 2.78. The van der Waals surface area contributed by atoms with Crippen LogP contribution < -0.4 is 5.32 Å². The molecule has 1 unspecified atom stereocenters. The molecule has 6 nitrogen and oxygen atoms in total. The molecule has 0 radical (unpaired) electrons. The van der Waals surface area contributed by atoms with Gasteiger partial charge in [0.1, 0.15) is 5.82 Å². The molecule has 1 aliphatic rings. The molecule has 8 heteroatoms. The molecule has 1 aromatic carbocycles. The van der Waals surface area contributed by atoms with Gasteiger partial charge in [0, 0.05) is 30.0 Å². The number of thioether (sulfide) groups is 1. The number of carbonyl (C=O) groups is 3. The Labute approximate surface area is 156 Å². The number of anilines is 1. The van der Waals surface area contributed by atoms with Crippen LogP contribution in [0, 0.1) is 11.7 Å². The molecule has 0 aliphatic carbocycles. The van der Waals surface area contributed by atoms with Crippen molar-refractivity contribution in [3.63, 3.8) is 0 Å². The van der Waals surface area contributed by atoms with Crippen molar-refractivity contribution in [2.75, 3.05) is 23.4 Å². The number of carbonyl (C=O) groups excluding carboxylic acids is 2. The van der Waals surface area contributed by atoms with Crippen molar-refractivity contribution >= 4 is 35.2 Å². The van der Waals surface area contributed by atoms with Crippen LogP contribution in [0.15, 0.2) is 18.2 Å². The average molecular weight is 382 g/mol. The molecular formula is C18H23FN2O4S. The fraction of sp³-hybridized carbons (Fsp3) is 0.500. The zero-order chi connectivity index (χ0) is 19.3. The Balaban J connectivity index is 2.12. The summed E-state index contributed by atoms with van der Waals surface area (Å²) in [5, 5.41) is 11.5. The first-order valence-corrected chi connectivity index (χ1v) is 9.63. The van der Waals surface area contributed by atoms with E-state index in [1.54, 1.807) is 11.8 Å². The Kier molecular flexibility index (Phi) is 7.02. The summed E-state index contributed by atoms with van der Waals surface area (Å²) < 4.78 is 14.3. The maximum Gasteiger partial charge on any atom is 0.305 e. The van der Waals surface area contributed by atoms with Crippen LogP contribution in [0.25, 0.3) is 0 Å². The summed E-state index contributed by atoms with van der Waals surface area (Å²) in [6.07, 6.45) is 0.146. The molecule has 1 heterocycles. The molecule has 26 heavy (non-hydrogen) atoms. The summed E-state index contributed by atoms with van der Waals surface area (Å²) in [7, 11) is 0.